The van der Waals surface area contributed by atoms with Crippen molar-refractivity contribution < 1.29 is 17.9 Å². The second kappa shape index (κ2) is 5.06. The van der Waals surface area contributed by atoms with Crippen LogP contribution in [0.3, 0.4) is 0 Å². The van der Waals surface area contributed by atoms with Gasteiger partial charge in [0, 0.05) is 18.7 Å². The number of benzene rings is 1. The molecule has 1 unspecified atom stereocenters. The van der Waals surface area contributed by atoms with Crippen molar-refractivity contribution in [2.45, 2.75) is 31.9 Å². The van der Waals surface area contributed by atoms with Crippen molar-refractivity contribution in [2.24, 2.45) is 5.73 Å². The van der Waals surface area contributed by atoms with E-state index in [9.17, 15) is 13.2 Å². The molecule has 0 bridgehead atoms. The van der Waals surface area contributed by atoms with E-state index in [1.54, 1.807) is 13.8 Å². The third-order valence-electron chi connectivity index (χ3n) is 2.73. The van der Waals surface area contributed by atoms with E-state index in [1.165, 1.54) is 7.11 Å². The Hall–Kier alpha value is -1.07. The molecule has 0 aliphatic rings. The first-order chi connectivity index (χ1) is 7.78. The molecule has 0 aromatic heterocycles. The Morgan fingerprint density at radius 3 is 2.35 bits per heavy atom. The van der Waals surface area contributed by atoms with E-state index >= 15 is 0 Å². The average molecular weight is 247 g/mol. The van der Waals surface area contributed by atoms with Crippen LogP contribution in [0.2, 0.25) is 0 Å². The summed E-state index contributed by atoms with van der Waals surface area (Å²) < 4.78 is 44.4. The van der Waals surface area contributed by atoms with Gasteiger partial charge in [0.05, 0.1) is 5.60 Å². The number of nitrogens with two attached hydrogens (primary N) is 1. The Morgan fingerprint density at radius 2 is 1.82 bits per heavy atom. The number of ether oxygens (including phenoxy) is 1. The van der Waals surface area contributed by atoms with Crippen LogP contribution in [-0.4, -0.2) is 12.7 Å². The molecule has 0 aliphatic carbocycles. The van der Waals surface area contributed by atoms with Gasteiger partial charge in [0.25, 0.3) is 0 Å². The maximum atomic E-state index is 13.5. The van der Waals surface area contributed by atoms with Crippen molar-refractivity contribution in [3.05, 3.63) is 35.1 Å². The molecule has 0 saturated heterocycles. The van der Waals surface area contributed by atoms with E-state index in [4.69, 9.17) is 10.5 Å². The van der Waals surface area contributed by atoms with E-state index in [1.807, 2.05) is 0 Å². The fourth-order valence-electron chi connectivity index (χ4n) is 1.55. The van der Waals surface area contributed by atoms with E-state index in [2.05, 4.69) is 0 Å². The summed E-state index contributed by atoms with van der Waals surface area (Å²) in [6.07, 6.45) is 0.297. The molecule has 96 valence electrons. The summed E-state index contributed by atoms with van der Waals surface area (Å²) in [5, 5.41) is 0. The smallest absolute Gasteiger partial charge is 0.194 e. The standard InChI is InChI=1S/C12H16F3NO/c1-12(2,17-3)6-9(16)7-4-5-8(13)11(15)10(7)14/h4-5,9H,6,16H2,1-3H3. The molecule has 1 atom stereocenters. The molecule has 1 aromatic rings. The molecule has 2 nitrogen and oxygen atoms in total. The summed E-state index contributed by atoms with van der Waals surface area (Å²) in [6, 6.07) is 1.28. The zero-order valence-electron chi connectivity index (χ0n) is 10.1. The molecule has 0 heterocycles. The van der Waals surface area contributed by atoms with Crippen LogP contribution in [0.4, 0.5) is 13.2 Å². The highest BCUT2D eigenvalue weighted by Gasteiger charge is 2.25. The molecule has 0 fully saturated rings. The summed E-state index contributed by atoms with van der Waals surface area (Å²) in [5.41, 5.74) is 5.16. The Morgan fingerprint density at radius 1 is 1.24 bits per heavy atom. The molecule has 2 N–H and O–H groups in total. The molecule has 5 heteroatoms. The predicted octanol–water partition coefficient (Wildman–Crippen LogP) is 2.92. The number of rotatable bonds is 4. The van der Waals surface area contributed by atoms with Gasteiger partial charge in [-0.05, 0) is 26.3 Å². The second-order valence-corrected chi connectivity index (χ2v) is 4.54. The SMILES string of the molecule is COC(C)(C)CC(N)c1ccc(F)c(F)c1F. The lowest BCUT2D eigenvalue weighted by Gasteiger charge is -2.26. The van der Waals surface area contributed by atoms with E-state index in [-0.39, 0.29) is 5.56 Å². The monoisotopic (exact) mass is 247 g/mol. The molecule has 17 heavy (non-hydrogen) atoms. The Balaban J connectivity index is 2.98. The maximum absolute atomic E-state index is 13.5. The van der Waals surface area contributed by atoms with Gasteiger partial charge in [-0.3, -0.25) is 0 Å². The van der Waals surface area contributed by atoms with Crippen LogP contribution < -0.4 is 5.73 Å². The second-order valence-electron chi connectivity index (χ2n) is 4.54. The van der Waals surface area contributed by atoms with E-state index in [0.29, 0.717) is 6.42 Å². The zero-order chi connectivity index (χ0) is 13.2. The van der Waals surface area contributed by atoms with Crippen LogP contribution >= 0.6 is 0 Å². The largest absolute Gasteiger partial charge is 0.379 e. The summed E-state index contributed by atoms with van der Waals surface area (Å²) >= 11 is 0. The van der Waals surface area contributed by atoms with Gasteiger partial charge < -0.3 is 10.5 Å². The highest BCUT2D eigenvalue weighted by molar-refractivity contribution is 5.23. The first-order valence-electron chi connectivity index (χ1n) is 5.22. The van der Waals surface area contributed by atoms with Crippen molar-refractivity contribution in [1.29, 1.82) is 0 Å². The van der Waals surface area contributed by atoms with Crippen molar-refractivity contribution in [1.82, 2.24) is 0 Å². The van der Waals surface area contributed by atoms with Crippen LogP contribution in [-0.2, 0) is 4.74 Å². The number of methoxy groups -OCH3 is 1. The molecule has 0 saturated carbocycles. The first kappa shape index (κ1) is 14.0. The van der Waals surface area contributed by atoms with Crippen molar-refractivity contribution in [3.63, 3.8) is 0 Å². The van der Waals surface area contributed by atoms with Gasteiger partial charge in [0.2, 0.25) is 0 Å². The number of hydrogen-bond donors (Lipinski definition) is 1. The Kier molecular flexibility index (Phi) is 4.16. The average Bonchev–Trinajstić information content (AvgIpc) is 2.25. The molecular weight excluding hydrogens is 231 g/mol. The third kappa shape index (κ3) is 3.20. The van der Waals surface area contributed by atoms with Gasteiger partial charge in [-0.15, -0.1) is 0 Å². The fraction of sp³-hybridized carbons (Fsp3) is 0.500. The van der Waals surface area contributed by atoms with Gasteiger partial charge in [0.15, 0.2) is 17.5 Å². The molecule has 1 aromatic carbocycles. The van der Waals surface area contributed by atoms with Crippen LogP contribution in [0.1, 0.15) is 31.9 Å². The highest BCUT2D eigenvalue weighted by Crippen LogP contribution is 2.27. The minimum Gasteiger partial charge on any atom is -0.379 e. The number of hydrogen-bond acceptors (Lipinski definition) is 2. The normalized spacial score (nSPS) is 13.8. The maximum Gasteiger partial charge on any atom is 0.194 e. The predicted molar refractivity (Wildman–Crippen MR) is 58.9 cm³/mol. The van der Waals surface area contributed by atoms with Gasteiger partial charge in [-0.1, -0.05) is 6.07 Å². The van der Waals surface area contributed by atoms with E-state index in [0.717, 1.165) is 12.1 Å². The van der Waals surface area contributed by atoms with E-state index < -0.39 is 29.1 Å². The first-order valence-corrected chi connectivity index (χ1v) is 5.22. The third-order valence-corrected chi connectivity index (χ3v) is 2.73. The summed E-state index contributed by atoms with van der Waals surface area (Å²) in [7, 11) is 1.51. The molecule has 0 aliphatic heterocycles. The molecule has 1 rings (SSSR count). The molecular formula is C12H16F3NO. The highest BCUT2D eigenvalue weighted by atomic mass is 19.2. The topological polar surface area (TPSA) is 35.2 Å². The minimum atomic E-state index is -1.49. The van der Waals surface area contributed by atoms with Gasteiger partial charge in [-0.25, -0.2) is 13.2 Å². The van der Waals surface area contributed by atoms with Crippen molar-refractivity contribution in [3.8, 4) is 0 Å². The fourth-order valence-corrected chi connectivity index (χ4v) is 1.55. The van der Waals surface area contributed by atoms with Crippen LogP contribution in [0.5, 0.6) is 0 Å². The Bertz CT molecular complexity index is 407. The lowest BCUT2D eigenvalue weighted by molar-refractivity contribution is 0.00968. The molecule has 0 amide bonds. The quantitative estimate of drug-likeness (QED) is 0.830. The zero-order valence-corrected chi connectivity index (χ0v) is 10.1. The van der Waals surface area contributed by atoms with Gasteiger partial charge in [-0.2, -0.15) is 0 Å². The minimum absolute atomic E-state index is 0.0472. The van der Waals surface area contributed by atoms with Crippen molar-refractivity contribution in [2.75, 3.05) is 7.11 Å². The van der Waals surface area contributed by atoms with Gasteiger partial charge in [0.1, 0.15) is 0 Å². The van der Waals surface area contributed by atoms with Gasteiger partial charge >= 0.3 is 0 Å². The van der Waals surface area contributed by atoms with Crippen LogP contribution in [0.25, 0.3) is 0 Å². The van der Waals surface area contributed by atoms with Crippen LogP contribution in [0.15, 0.2) is 12.1 Å². The lowest BCUT2D eigenvalue weighted by atomic mass is 9.94. The Labute approximate surface area is 98.6 Å². The molecule has 0 spiro atoms. The summed E-state index contributed by atoms with van der Waals surface area (Å²) in [4.78, 5) is 0. The number of halogens is 3. The van der Waals surface area contributed by atoms with Crippen molar-refractivity contribution >= 4 is 0 Å². The molecule has 0 radical (unpaired) electrons. The summed E-state index contributed by atoms with van der Waals surface area (Å²) in [6.45, 7) is 3.56. The lowest BCUT2D eigenvalue weighted by Crippen LogP contribution is -2.29. The van der Waals surface area contributed by atoms with Crippen LogP contribution in [0, 0.1) is 17.5 Å². The summed E-state index contributed by atoms with van der Waals surface area (Å²) in [5.74, 6) is -3.94.